The molecule has 0 spiro atoms. The molecule has 0 unspecified atom stereocenters. The number of fused-ring (bicyclic) bond motifs is 1. The third kappa shape index (κ3) is 2.99. The number of aryl methyl sites for hydroxylation is 1. The van der Waals surface area contributed by atoms with Crippen molar-refractivity contribution in [3.63, 3.8) is 0 Å². The van der Waals surface area contributed by atoms with Crippen LogP contribution in [0.2, 0.25) is 0 Å². The lowest BCUT2D eigenvalue weighted by Gasteiger charge is -2.16. The largest absolute Gasteiger partial charge is 0.465 e. The highest BCUT2D eigenvalue weighted by molar-refractivity contribution is 6.17. The number of alkyl halides is 4. The zero-order valence-electron chi connectivity index (χ0n) is 11.8. The lowest BCUT2D eigenvalue weighted by Crippen LogP contribution is -2.27. The van der Waals surface area contributed by atoms with Crippen LogP contribution in [0.5, 0.6) is 5.75 Å². The predicted octanol–water partition coefficient (Wildman–Crippen LogP) is 3.64. The van der Waals surface area contributed by atoms with Gasteiger partial charge in [-0.05, 0) is 18.2 Å². The fourth-order valence-corrected chi connectivity index (χ4v) is 2.35. The molecule has 0 radical (unpaired) electrons. The summed E-state index contributed by atoms with van der Waals surface area (Å²) in [6.45, 7) is -1.98. The molecule has 8 heteroatoms. The third-order valence-electron chi connectivity index (χ3n) is 3.20. The van der Waals surface area contributed by atoms with Gasteiger partial charge < -0.3 is 14.0 Å². The molecule has 0 bridgehead atoms. The van der Waals surface area contributed by atoms with Crippen LogP contribution in [0.3, 0.4) is 0 Å². The van der Waals surface area contributed by atoms with Crippen LogP contribution in [0.4, 0.5) is 13.2 Å². The second-order valence-corrected chi connectivity index (χ2v) is 4.87. The normalized spacial score (nSPS) is 11.7. The Kier molecular flexibility index (Phi) is 4.55. The lowest BCUT2D eigenvalue weighted by molar-refractivity contribution is -0.185. The minimum atomic E-state index is -3.99. The van der Waals surface area contributed by atoms with E-state index in [4.69, 9.17) is 11.6 Å². The molecule has 1 aromatic heterocycles. The number of carbonyl (C=O) groups excluding carboxylic acids is 1. The molecular weight excluding hydrogens is 323 g/mol. The highest BCUT2D eigenvalue weighted by Crippen LogP contribution is 2.34. The van der Waals surface area contributed by atoms with Gasteiger partial charge in [0, 0.05) is 18.1 Å². The SMILES string of the molecule is COC(=O)c1cc(OC(F)(F)CF)c2cc(CCl)n(C)c2c1. The first-order valence-corrected chi connectivity index (χ1v) is 6.76. The van der Waals surface area contributed by atoms with E-state index in [1.807, 2.05) is 0 Å². The summed E-state index contributed by atoms with van der Waals surface area (Å²) in [7, 11) is 2.83. The second-order valence-electron chi connectivity index (χ2n) is 4.60. The Morgan fingerprint density at radius 2 is 2.05 bits per heavy atom. The number of halogens is 4. The van der Waals surface area contributed by atoms with Crippen molar-refractivity contribution in [2.45, 2.75) is 12.0 Å². The minimum absolute atomic E-state index is 0.0157. The van der Waals surface area contributed by atoms with Gasteiger partial charge in [-0.25, -0.2) is 9.18 Å². The molecule has 0 aliphatic heterocycles. The van der Waals surface area contributed by atoms with Gasteiger partial charge in [-0.2, -0.15) is 8.78 Å². The van der Waals surface area contributed by atoms with Gasteiger partial charge >= 0.3 is 12.1 Å². The summed E-state index contributed by atoms with van der Waals surface area (Å²) in [5, 5.41) is 0.305. The molecule has 0 fully saturated rings. The summed E-state index contributed by atoms with van der Waals surface area (Å²) in [5.41, 5.74) is 1.09. The van der Waals surface area contributed by atoms with E-state index in [-0.39, 0.29) is 17.2 Å². The lowest BCUT2D eigenvalue weighted by atomic mass is 10.1. The van der Waals surface area contributed by atoms with Gasteiger partial charge in [-0.3, -0.25) is 0 Å². The number of hydrogen-bond donors (Lipinski definition) is 0. The summed E-state index contributed by atoms with van der Waals surface area (Å²) in [4.78, 5) is 11.7. The number of rotatable bonds is 5. The average Bonchev–Trinajstić information content (AvgIpc) is 2.83. The fourth-order valence-electron chi connectivity index (χ4n) is 2.09. The fraction of sp³-hybridized carbons (Fsp3) is 0.357. The number of hydrogen-bond acceptors (Lipinski definition) is 3. The first-order valence-electron chi connectivity index (χ1n) is 6.22. The number of benzene rings is 1. The number of methoxy groups -OCH3 is 1. The monoisotopic (exact) mass is 335 g/mol. The van der Waals surface area contributed by atoms with Crippen molar-refractivity contribution in [1.29, 1.82) is 0 Å². The Bertz CT molecular complexity index is 715. The van der Waals surface area contributed by atoms with Gasteiger partial charge in [-0.15, -0.1) is 11.6 Å². The summed E-state index contributed by atoms with van der Waals surface area (Å²) in [5.74, 6) is -0.894. The molecule has 0 amide bonds. The predicted molar refractivity (Wildman–Crippen MR) is 75.4 cm³/mol. The van der Waals surface area contributed by atoms with Crippen molar-refractivity contribution in [3.8, 4) is 5.75 Å². The number of nitrogens with zero attached hydrogens (tertiary/aromatic N) is 1. The molecule has 1 heterocycles. The van der Waals surface area contributed by atoms with Gasteiger partial charge in [0.05, 0.1) is 24.1 Å². The molecule has 0 N–H and O–H groups in total. The number of carbonyl (C=O) groups is 1. The Labute approximate surface area is 129 Å². The average molecular weight is 336 g/mol. The van der Waals surface area contributed by atoms with Crippen LogP contribution in [-0.4, -0.2) is 30.4 Å². The summed E-state index contributed by atoms with van der Waals surface area (Å²) in [6, 6.07) is 4.11. The van der Waals surface area contributed by atoms with E-state index in [1.54, 1.807) is 17.7 Å². The van der Waals surface area contributed by atoms with Gasteiger partial charge in [0.25, 0.3) is 0 Å². The van der Waals surface area contributed by atoms with Crippen molar-refractivity contribution in [1.82, 2.24) is 4.57 Å². The molecule has 0 saturated heterocycles. The molecule has 4 nitrogen and oxygen atoms in total. The molecular formula is C14H13ClF3NO3. The van der Waals surface area contributed by atoms with E-state index in [2.05, 4.69) is 9.47 Å². The molecule has 0 atom stereocenters. The van der Waals surface area contributed by atoms with Crippen LogP contribution in [0.1, 0.15) is 16.1 Å². The standard InChI is InChI=1S/C14H13ClF3NO3/c1-19-9(6-15)5-10-11(19)3-8(13(20)21-2)4-12(10)22-14(17,18)7-16/h3-5H,6-7H2,1-2H3. The smallest absolute Gasteiger partial charge is 0.427 e. The molecule has 1 aromatic carbocycles. The number of aromatic nitrogens is 1. The van der Waals surface area contributed by atoms with E-state index < -0.39 is 18.8 Å². The van der Waals surface area contributed by atoms with E-state index in [0.29, 0.717) is 16.6 Å². The van der Waals surface area contributed by atoms with Crippen molar-refractivity contribution in [2.75, 3.05) is 13.8 Å². The topological polar surface area (TPSA) is 40.5 Å². The quantitative estimate of drug-likeness (QED) is 0.618. The first-order chi connectivity index (χ1) is 10.3. The molecule has 22 heavy (non-hydrogen) atoms. The molecule has 120 valence electrons. The highest BCUT2D eigenvalue weighted by atomic mass is 35.5. The molecule has 2 rings (SSSR count). The Hall–Kier alpha value is -1.89. The van der Waals surface area contributed by atoms with Crippen LogP contribution < -0.4 is 4.74 Å². The van der Waals surface area contributed by atoms with Crippen molar-refractivity contribution < 1.29 is 27.4 Å². The van der Waals surface area contributed by atoms with Crippen LogP contribution >= 0.6 is 11.6 Å². The Balaban J connectivity index is 2.68. The van der Waals surface area contributed by atoms with E-state index in [0.717, 1.165) is 6.07 Å². The Morgan fingerprint density at radius 3 is 2.59 bits per heavy atom. The minimum Gasteiger partial charge on any atom is -0.465 e. The van der Waals surface area contributed by atoms with Crippen LogP contribution in [0, 0.1) is 0 Å². The summed E-state index contributed by atoms with van der Waals surface area (Å²) in [6.07, 6.45) is -3.99. The van der Waals surface area contributed by atoms with Crippen LogP contribution in [0.15, 0.2) is 18.2 Å². The second kappa shape index (κ2) is 6.08. The van der Waals surface area contributed by atoms with E-state index in [1.165, 1.54) is 13.2 Å². The van der Waals surface area contributed by atoms with Crippen molar-refractivity contribution >= 4 is 28.5 Å². The van der Waals surface area contributed by atoms with Gasteiger partial charge in [0.1, 0.15) is 5.75 Å². The maximum Gasteiger partial charge on any atom is 0.427 e. The zero-order valence-corrected chi connectivity index (χ0v) is 12.6. The summed E-state index contributed by atoms with van der Waals surface area (Å²) >= 11 is 5.78. The number of esters is 1. The maximum absolute atomic E-state index is 13.2. The molecule has 0 saturated carbocycles. The number of ether oxygens (including phenoxy) is 2. The molecule has 0 aliphatic rings. The Morgan fingerprint density at radius 1 is 1.36 bits per heavy atom. The van der Waals surface area contributed by atoms with Crippen molar-refractivity contribution in [2.24, 2.45) is 7.05 Å². The first kappa shape index (κ1) is 16.5. The van der Waals surface area contributed by atoms with Crippen LogP contribution in [-0.2, 0) is 17.7 Å². The maximum atomic E-state index is 13.2. The van der Waals surface area contributed by atoms with Gasteiger partial charge in [-0.1, -0.05) is 0 Å². The van der Waals surface area contributed by atoms with Gasteiger partial charge in [0.2, 0.25) is 0 Å². The highest BCUT2D eigenvalue weighted by Gasteiger charge is 2.33. The zero-order chi connectivity index (χ0) is 16.5. The molecule has 2 aromatic rings. The molecule has 0 aliphatic carbocycles. The van der Waals surface area contributed by atoms with Crippen LogP contribution in [0.25, 0.3) is 10.9 Å². The third-order valence-corrected chi connectivity index (χ3v) is 3.47. The van der Waals surface area contributed by atoms with E-state index >= 15 is 0 Å². The summed E-state index contributed by atoms with van der Waals surface area (Å²) < 4.78 is 49.4. The van der Waals surface area contributed by atoms with Crippen molar-refractivity contribution in [3.05, 3.63) is 29.5 Å². The van der Waals surface area contributed by atoms with E-state index in [9.17, 15) is 18.0 Å². The van der Waals surface area contributed by atoms with Gasteiger partial charge in [0.15, 0.2) is 6.67 Å².